The summed E-state index contributed by atoms with van der Waals surface area (Å²) in [4.78, 5) is 25.2. The minimum atomic E-state index is -0.472. The normalized spacial score (nSPS) is 13.9. The van der Waals surface area contributed by atoms with Crippen LogP contribution in [0.15, 0.2) is 53.6 Å². The Morgan fingerprint density at radius 3 is 2.47 bits per heavy atom. The maximum absolute atomic E-state index is 10.9. The Kier molecular flexibility index (Phi) is 2.91. The first-order valence-electron chi connectivity index (χ1n) is 4.88. The summed E-state index contributed by atoms with van der Waals surface area (Å²) in [6, 6.07) is 6.02. The zero-order valence-electron chi connectivity index (χ0n) is 8.74. The van der Waals surface area contributed by atoms with Gasteiger partial charge in [0.15, 0.2) is 5.78 Å². The molecule has 0 aromatic heterocycles. The van der Waals surface area contributed by atoms with Gasteiger partial charge in [-0.05, 0) is 30.4 Å². The minimum absolute atomic E-state index is 0.00769. The lowest BCUT2D eigenvalue weighted by Crippen LogP contribution is -1.98. The highest BCUT2D eigenvalue weighted by molar-refractivity contribution is 6.17. The van der Waals surface area contributed by atoms with Crippen LogP contribution in [0.4, 0.5) is 11.4 Å². The van der Waals surface area contributed by atoms with Crippen molar-refractivity contribution >= 4 is 22.9 Å². The van der Waals surface area contributed by atoms with Crippen molar-refractivity contribution in [1.29, 1.82) is 0 Å². The number of carbonyl (C=O) groups excluding carboxylic acids is 1. The summed E-state index contributed by atoms with van der Waals surface area (Å²) >= 11 is 0. The molecule has 0 saturated carbocycles. The second-order valence-electron chi connectivity index (χ2n) is 3.38. The molecular weight excluding hydrogens is 220 g/mol. The highest BCUT2D eigenvalue weighted by Crippen LogP contribution is 2.20. The van der Waals surface area contributed by atoms with Crippen molar-refractivity contribution in [3.05, 3.63) is 58.7 Å². The summed E-state index contributed by atoms with van der Waals surface area (Å²) < 4.78 is 0. The van der Waals surface area contributed by atoms with Crippen molar-refractivity contribution < 1.29 is 9.72 Å². The van der Waals surface area contributed by atoms with Crippen LogP contribution >= 0.6 is 0 Å². The molecule has 0 amide bonds. The number of non-ortho nitro benzene ring substituents is 1. The fraction of sp³-hybridized carbons (Fsp3) is 0. The van der Waals surface area contributed by atoms with Crippen LogP contribution in [-0.4, -0.2) is 16.4 Å². The van der Waals surface area contributed by atoms with Gasteiger partial charge in [0.05, 0.1) is 16.3 Å². The van der Waals surface area contributed by atoms with Gasteiger partial charge in [0.1, 0.15) is 0 Å². The lowest BCUT2D eigenvalue weighted by Gasteiger charge is -1.99. The molecule has 0 aliphatic heterocycles. The first-order chi connectivity index (χ1) is 8.15. The van der Waals surface area contributed by atoms with E-state index in [0.717, 1.165) is 0 Å². The van der Waals surface area contributed by atoms with Crippen molar-refractivity contribution in [2.75, 3.05) is 0 Å². The van der Waals surface area contributed by atoms with Crippen molar-refractivity contribution in [2.24, 2.45) is 4.99 Å². The number of hydrogen-bond acceptors (Lipinski definition) is 4. The average molecular weight is 228 g/mol. The van der Waals surface area contributed by atoms with E-state index in [1.165, 1.54) is 24.3 Å². The first kappa shape index (κ1) is 10.9. The molecule has 1 aromatic rings. The van der Waals surface area contributed by atoms with E-state index >= 15 is 0 Å². The molecule has 0 bridgehead atoms. The van der Waals surface area contributed by atoms with Gasteiger partial charge in [0, 0.05) is 12.1 Å². The molecule has 1 aliphatic rings. The SMILES string of the molecule is O=C1C=CC(=Nc2cccc([N+](=O)[O-])c2)C=C1. The summed E-state index contributed by atoms with van der Waals surface area (Å²) in [6.45, 7) is 0. The van der Waals surface area contributed by atoms with Crippen LogP contribution in [0.2, 0.25) is 0 Å². The van der Waals surface area contributed by atoms with E-state index < -0.39 is 4.92 Å². The highest BCUT2D eigenvalue weighted by atomic mass is 16.6. The highest BCUT2D eigenvalue weighted by Gasteiger charge is 2.05. The number of nitro groups is 1. The number of ketones is 1. The molecule has 0 heterocycles. The third-order valence-electron chi connectivity index (χ3n) is 2.14. The van der Waals surface area contributed by atoms with Crippen LogP contribution in [0.3, 0.4) is 0 Å². The molecule has 5 nitrogen and oxygen atoms in total. The summed E-state index contributed by atoms with van der Waals surface area (Å²) in [6.07, 6.45) is 5.94. The quantitative estimate of drug-likeness (QED) is 0.443. The van der Waals surface area contributed by atoms with Gasteiger partial charge in [0.2, 0.25) is 0 Å². The monoisotopic (exact) mass is 228 g/mol. The van der Waals surface area contributed by atoms with E-state index in [9.17, 15) is 14.9 Å². The van der Waals surface area contributed by atoms with Gasteiger partial charge in [-0.3, -0.25) is 14.9 Å². The van der Waals surface area contributed by atoms with Crippen LogP contribution in [0, 0.1) is 10.1 Å². The topological polar surface area (TPSA) is 72.6 Å². The fourth-order valence-electron chi connectivity index (χ4n) is 1.35. The largest absolute Gasteiger partial charge is 0.290 e. The smallest absolute Gasteiger partial charge is 0.271 e. The van der Waals surface area contributed by atoms with Gasteiger partial charge in [-0.15, -0.1) is 0 Å². The van der Waals surface area contributed by atoms with Gasteiger partial charge in [-0.25, -0.2) is 4.99 Å². The predicted molar refractivity (Wildman–Crippen MR) is 63.5 cm³/mol. The molecule has 1 aromatic carbocycles. The van der Waals surface area contributed by atoms with E-state index in [-0.39, 0.29) is 11.5 Å². The number of nitro benzene ring substituents is 1. The minimum Gasteiger partial charge on any atom is -0.290 e. The van der Waals surface area contributed by atoms with Gasteiger partial charge in [-0.1, -0.05) is 6.07 Å². The van der Waals surface area contributed by atoms with E-state index in [1.807, 2.05) is 0 Å². The van der Waals surface area contributed by atoms with Crippen molar-refractivity contribution in [3.8, 4) is 0 Å². The van der Waals surface area contributed by atoms with Gasteiger partial charge in [0.25, 0.3) is 5.69 Å². The molecule has 0 fully saturated rings. The number of nitrogens with zero attached hydrogens (tertiary/aromatic N) is 2. The number of allylic oxidation sites excluding steroid dienone is 4. The van der Waals surface area contributed by atoms with Gasteiger partial charge >= 0.3 is 0 Å². The molecule has 0 spiro atoms. The van der Waals surface area contributed by atoms with Crippen molar-refractivity contribution in [2.45, 2.75) is 0 Å². The first-order valence-corrected chi connectivity index (χ1v) is 4.88. The second kappa shape index (κ2) is 4.52. The van der Waals surface area contributed by atoms with Crippen LogP contribution in [-0.2, 0) is 4.79 Å². The van der Waals surface area contributed by atoms with E-state index in [1.54, 1.807) is 24.3 Å². The number of rotatable bonds is 2. The number of hydrogen-bond donors (Lipinski definition) is 0. The molecule has 17 heavy (non-hydrogen) atoms. The second-order valence-corrected chi connectivity index (χ2v) is 3.38. The molecule has 5 heteroatoms. The number of aliphatic imine (C=N–C) groups is 1. The molecule has 0 atom stereocenters. The third-order valence-corrected chi connectivity index (χ3v) is 2.14. The molecule has 2 rings (SSSR count). The predicted octanol–water partition coefficient (Wildman–Crippen LogP) is 2.36. The summed E-state index contributed by atoms with van der Waals surface area (Å²) in [7, 11) is 0. The molecule has 1 aliphatic carbocycles. The van der Waals surface area contributed by atoms with Crippen LogP contribution in [0.5, 0.6) is 0 Å². The van der Waals surface area contributed by atoms with Crippen LogP contribution in [0.1, 0.15) is 0 Å². The summed E-state index contributed by atoms with van der Waals surface area (Å²) in [5.41, 5.74) is 1.06. The van der Waals surface area contributed by atoms with Gasteiger partial charge < -0.3 is 0 Å². The van der Waals surface area contributed by atoms with Gasteiger partial charge in [-0.2, -0.15) is 0 Å². The lowest BCUT2D eigenvalue weighted by molar-refractivity contribution is -0.384. The Labute approximate surface area is 96.9 Å². The zero-order chi connectivity index (χ0) is 12.3. The Morgan fingerprint density at radius 1 is 1.12 bits per heavy atom. The maximum Gasteiger partial charge on any atom is 0.271 e. The van der Waals surface area contributed by atoms with Crippen molar-refractivity contribution in [1.82, 2.24) is 0 Å². The van der Waals surface area contributed by atoms with Crippen LogP contribution < -0.4 is 0 Å². The maximum atomic E-state index is 10.9. The molecule has 0 unspecified atom stereocenters. The standard InChI is InChI=1S/C12H8N2O3/c15-12-6-4-9(5-7-12)13-10-2-1-3-11(8-10)14(16)17/h1-8H. The summed E-state index contributed by atoms with van der Waals surface area (Å²) in [5, 5.41) is 10.6. The van der Waals surface area contributed by atoms with E-state index in [0.29, 0.717) is 11.4 Å². The average Bonchev–Trinajstić information content (AvgIpc) is 2.32. The Hall–Kier alpha value is -2.56. The summed E-state index contributed by atoms with van der Waals surface area (Å²) in [5.74, 6) is -0.0945. The fourth-order valence-corrected chi connectivity index (χ4v) is 1.35. The molecular formula is C12H8N2O3. The molecule has 0 radical (unpaired) electrons. The van der Waals surface area contributed by atoms with E-state index in [2.05, 4.69) is 4.99 Å². The number of benzene rings is 1. The Morgan fingerprint density at radius 2 is 1.82 bits per heavy atom. The molecule has 0 N–H and O–H groups in total. The number of carbonyl (C=O) groups is 1. The Balaban J connectivity index is 2.30. The van der Waals surface area contributed by atoms with Crippen LogP contribution in [0.25, 0.3) is 0 Å². The molecule has 84 valence electrons. The Bertz CT molecular complexity index is 553. The van der Waals surface area contributed by atoms with Crippen molar-refractivity contribution in [3.63, 3.8) is 0 Å². The van der Waals surface area contributed by atoms with E-state index in [4.69, 9.17) is 0 Å². The lowest BCUT2D eigenvalue weighted by atomic mass is 10.1. The zero-order valence-corrected chi connectivity index (χ0v) is 8.74. The third kappa shape index (κ3) is 2.72. The molecule has 0 saturated heterocycles.